The smallest absolute Gasteiger partial charge is 0.306 e. The summed E-state index contributed by atoms with van der Waals surface area (Å²) in [4.78, 5) is 38.1. The largest absolute Gasteiger partial charge is 0.462 e. The van der Waals surface area contributed by atoms with Crippen molar-refractivity contribution in [2.75, 3.05) is 13.2 Å². The van der Waals surface area contributed by atoms with Gasteiger partial charge >= 0.3 is 17.9 Å². The van der Waals surface area contributed by atoms with Gasteiger partial charge in [0.2, 0.25) is 0 Å². The predicted molar refractivity (Wildman–Crippen MR) is 311 cm³/mol. The summed E-state index contributed by atoms with van der Waals surface area (Å²) in [5, 5.41) is 0. The summed E-state index contributed by atoms with van der Waals surface area (Å²) in [6, 6.07) is 0. The molecule has 0 aromatic rings. The molecule has 0 aliphatic rings. The number of hydrogen-bond donors (Lipinski definition) is 0. The molecule has 0 N–H and O–H groups in total. The maximum atomic E-state index is 12.8. The molecule has 0 aromatic carbocycles. The fourth-order valence-corrected chi connectivity index (χ4v) is 8.04. The van der Waals surface area contributed by atoms with Crippen molar-refractivity contribution >= 4 is 17.9 Å². The maximum Gasteiger partial charge on any atom is 0.306 e. The van der Waals surface area contributed by atoms with E-state index >= 15 is 0 Å². The third kappa shape index (κ3) is 57.0. The van der Waals surface area contributed by atoms with Gasteiger partial charge in [-0.15, -0.1) is 0 Å². The average molecular weight is 1000 g/mol. The number of esters is 3. The normalized spacial score (nSPS) is 12.9. The highest BCUT2D eigenvalue weighted by atomic mass is 16.6. The van der Waals surface area contributed by atoms with Gasteiger partial charge in [0, 0.05) is 19.3 Å². The number of ether oxygens (including phenoxy) is 3. The highest BCUT2D eigenvalue weighted by Crippen LogP contribution is 2.15. The second kappa shape index (κ2) is 59.6. The van der Waals surface area contributed by atoms with Crippen molar-refractivity contribution in [3.05, 3.63) is 109 Å². The molecule has 0 saturated heterocycles. The molecule has 0 aromatic heterocycles. The van der Waals surface area contributed by atoms with E-state index in [1.807, 2.05) is 0 Å². The minimum absolute atomic E-state index is 0.0845. The Morgan fingerprint density at radius 2 is 0.542 bits per heavy atom. The van der Waals surface area contributed by atoms with E-state index in [-0.39, 0.29) is 31.1 Å². The average Bonchev–Trinajstić information content (AvgIpc) is 3.38. The van der Waals surface area contributed by atoms with Gasteiger partial charge in [0.1, 0.15) is 13.2 Å². The lowest BCUT2D eigenvalue weighted by Gasteiger charge is -2.18. The van der Waals surface area contributed by atoms with E-state index in [0.29, 0.717) is 19.3 Å². The van der Waals surface area contributed by atoms with Crippen LogP contribution in [0.25, 0.3) is 0 Å². The van der Waals surface area contributed by atoms with Crippen LogP contribution in [-0.4, -0.2) is 37.2 Å². The minimum Gasteiger partial charge on any atom is -0.462 e. The summed E-state index contributed by atoms with van der Waals surface area (Å²) >= 11 is 0. The summed E-state index contributed by atoms with van der Waals surface area (Å²) in [6.45, 7) is 6.48. The summed E-state index contributed by atoms with van der Waals surface area (Å²) in [5.41, 5.74) is 0. The second-order valence-corrected chi connectivity index (χ2v) is 19.5. The zero-order valence-corrected chi connectivity index (χ0v) is 46.9. The number of carbonyl (C=O) groups is 3. The van der Waals surface area contributed by atoms with Crippen LogP contribution in [0.2, 0.25) is 0 Å². The van der Waals surface area contributed by atoms with Crippen molar-refractivity contribution in [2.45, 2.75) is 277 Å². The third-order valence-electron chi connectivity index (χ3n) is 12.5. The number of allylic oxidation sites excluding steroid dienone is 18. The first-order chi connectivity index (χ1) is 35.5. The Balaban J connectivity index is 4.25. The Labute approximate surface area is 444 Å². The molecular formula is C66H110O6. The van der Waals surface area contributed by atoms with Crippen LogP contribution >= 0.6 is 0 Å². The molecule has 0 aliphatic heterocycles. The van der Waals surface area contributed by atoms with E-state index in [2.05, 4.69) is 130 Å². The Bertz CT molecular complexity index is 1470. The first-order valence-electron chi connectivity index (χ1n) is 29.9. The lowest BCUT2D eigenvalue weighted by molar-refractivity contribution is -0.167. The lowest BCUT2D eigenvalue weighted by atomic mass is 10.1. The van der Waals surface area contributed by atoms with E-state index in [1.54, 1.807) is 0 Å². The first-order valence-corrected chi connectivity index (χ1v) is 29.9. The van der Waals surface area contributed by atoms with E-state index < -0.39 is 6.10 Å². The SMILES string of the molecule is CC/C=C\C/C=C\C/C=C\C/C=C\C/C=C\C/C=C\C/C=C\C/C=C\CCCCCCCCC(=O)OCC(COC(=O)CCCCCCCCCCCCC)OC(=O)CCCCCCC/C=C\CCCCC. The van der Waals surface area contributed by atoms with Crippen LogP contribution in [0.5, 0.6) is 0 Å². The van der Waals surface area contributed by atoms with Crippen molar-refractivity contribution in [2.24, 2.45) is 0 Å². The van der Waals surface area contributed by atoms with Crippen LogP contribution in [0.1, 0.15) is 271 Å². The molecule has 1 unspecified atom stereocenters. The number of carbonyl (C=O) groups excluding carboxylic acids is 3. The Hall–Kier alpha value is -3.93. The molecule has 72 heavy (non-hydrogen) atoms. The maximum absolute atomic E-state index is 12.8. The zero-order valence-electron chi connectivity index (χ0n) is 46.9. The molecule has 0 aliphatic carbocycles. The van der Waals surface area contributed by atoms with Crippen LogP contribution < -0.4 is 0 Å². The van der Waals surface area contributed by atoms with Crippen molar-refractivity contribution in [1.29, 1.82) is 0 Å². The second-order valence-electron chi connectivity index (χ2n) is 19.5. The molecule has 0 saturated carbocycles. The van der Waals surface area contributed by atoms with Crippen molar-refractivity contribution in [1.82, 2.24) is 0 Å². The Morgan fingerprint density at radius 3 is 0.889 bits per heavy atom. The van der Waals surface area contributed by atoms with E-state index in [0.717, 1.165) is 135 Å². The number of hydrogen-bond acceptors (Lipinski definition) is 6. The van der Waals surface area contributed by atoms with Crippen molar-refractivity contribution < 1.29 is 28.6 Å². The molecule has 0 radical (unpaired) electrons. The van der Waals surface area contributed by atoms with Gasteiger partial charge in [-0.3, -0.25) is 14.4 Å². The summed E-state index contributed by atoms with van der Waals surface area (Å²) < 4.78 is 16.8. The van der Waals surface area contributed by atoms with Crippen LogP contribution in [-0.2, 0) is 28.6 Å². The minimum atomic E-state index is -0.787. The quantitative estimate of drug-likeness (QED) is 0.0261. The van der Waals surface area contributed by atoms with Crippen LogP contribution in [0.4, 0.5) is 0 Å². The molecular weight excluding hydrogens is 889 g/mol. The van der Waals surface area contributed by atoms with Gasteiger partial charge in [-0.1, -0.05) is 252 Å². The summed E-state index contributed by atoms with van der Waals surface area (Å²) in [6.07, 6.45) is 80.9. The van der Waals surface area contributed by atoms with Gasteiger partial charge < -0.3 is 14.2 Å². The Morgan fingerprint density at radius 1 is 0.292 bits per heavy atom. The highest BCUT2D eigenvalue weighted by molar-refractivity contribution is 5.71. The van der Waals surface area contributed by atoms with Gasteiger partial charge in [0.15, 0.2) is 6.10 Å². The van der Waals surface area contributed by atoms with Gasteiger partial charge in [-0.05, 0) is 109 Å². The van der Waals surface area contributed by atoms with Crippen LogP contribution in [0.3, 0.4) is 0 Å². The van der Waals surface area contributed by atoms with Crippen molar-refractivity contribution in [3.8, 4) is 0 Å². The van der Waals surface area contributed by atoms with Gasteiger partial charge in [-0.25, -0.2) is 0 Å². The molecule has 0 heterocycles. The number of unbranched alkanes of at least 4 members (excludes halogenated alkanes) is 24. The highest BCUT2D eigenvalue weighted by Gasteiger charge is 2.19. The molecule has 0 bridgehead atoms. The molecule has 0 amide bonds. The standard InChI is InChI=1S/C66H110O6/c1-4-7-10-13-16-19-22-24-25-26-27-28-29-30-31-32-33-34-35-36-37-38-39-40-41-42-45-47-50-53-56-59-65(68)71-62-63(61-70-64(67)58-55-52-49-46-43-21-18-15-12-9-6-3)72-66(69)60-57-54-51-48-44-23-20-17-14-11-8-5-2/h7,10,16-17,19-20,24-25,27-28,30-31,33-34,36-37,39-40,63H,4-6,8-9,11-15,18,21-23,26,29,32,35,38,41-62H2,1-3H3/b10-7-,19-16-,20-17-,25-24-,28-27-,31-30-,34-33-,37-36-,40-39-. The topological polar surface area (TPSA) is 78.9 Å². The Kier molecular flexibility index (Phi) is 56.4. The monoisotopic (exact) mass is 999 g/mol. The van der Waals surface area contributed by atoms with E-state index in [4.69, 9.17) is 14.2 Å². The third-order valence-corrected chi connectivity index (χ3v) is 12.5. The number of rotatable bonds is 53. The molecule has 0 spiro atoms. The summed E-state index contributed by atoms with van der Waals surface area (Å²) in [7, 11) is 0. The van der Waals surface area contributed by atoms with E-state index in [9.17, 15) is 14.4 Å². The molecule has 410 valence electrons. The van der Waals surface area contributed by atoms with Gasteiger partial charge in [0.25, 0.3) is 0 Å². The van der Waals surface area contributed by atoms with Crippen LogP contribution in [0, 0.1) is 0 Å². The fraction of sp³-hybridized carbons (Fsp3) is 0.682. The predicted octanol–water partition coefficient (Wildman–Crippen LogP) is 20.3. The first kappa shape index (κ1) is 68.1. The van der Waals surface area contributed by atoms with Gasteiger partial charge in [0.05, 0.1) is 0 Å². The zero-order chi connectivity index (χ0) is 52.2. The summed E-state index contributed by atoms with van der Waals surface area (Å²) in [5.74, 6) is -0.908. The van der Waals surface area contributed by atoms with Gasteiger partial charge in [-0.2, -0.15) is 0 Å². The molecule has 1 atom stereocenters. The molecule has 6 nitrogen and oxygen atoms in total. The molecule has 0 rings (SSSR count). The molecule has 6 heteroatoms. The fourth-order valence-electron chi connectivity index (χ4n) is 8.04. The lowest BCUT2D eigenvalue weighted by Crippen LogP contribution is -2.30. The van der Waals surface area contributed by atoms with E-state index in [1.165, 1.54) is 96.3 Å². The molecule has 0 fully saturated rings. The van der Waals surface area contributed by atoms with Crippen LogP contribution in [0.15, 0.2) is 109 Å². The van der Waals surface area contributed by atoms with Crippen molar-refractivity contribution in [3.63, 3.8) is 0 Å².